The van der Waals surface area contributed by atoms with E-state index in [1.54, 1.807) is 49.3 Å². The summed E-state index contributed by atoms with van der Waals surface area (Å²) < 4.78 is 22.2. The third kappa shape index (κ3) is 4.22. The minimum atomic E-state index is -0.817. The Morgan fingerprint density at radius 3 is 2.58 bits per heavy atom. The zero-order valence-corrected chi connectivity index (χ0v) is 18.1. The summed E-state index contributed by atoms with van der Waals surface area (Å²) in [5, 5.41) is 18.8. The van der Waals surface area contributed by atoms with Crippen LogP contribution in [0.25, 0.3) is 34.0 Å². The van der Waals surface area contributed by atoms with Crippen LogP contribution in [0, 0.1) is 12.7 Å². The van der Waals surface area contributed by atoms with Crippen molar-refractivity contribution in [1.29, 1.82) is 0 Å². The van der Waals surface area contributed by atoms with Crippen molar-refractivity contribution in [2.45, 2.75) is 39.3 Å². The third-order valence-corrected chi connectivity index (χ3v) is 5.28. The van der Waals surface area contributed by atoms with Crippen LogP contribution in [0.15, 0.2) is 47.4 Å². The van der Waals surface area contributed by atoms with Crippen LogP contribution in [0.5, 0.6) is 0 Å². The van der Waals surface area contributed by atoms with Crippen LogP contribution >= 0.6 is 11.6 Å². The first-order valence-corrected chi connectivity index (χ1v) is 10.1. The molecule has 160 valence electrons. The molecule has 4 rings (SSSR count). The summed E-state index contributed by atoms with van der Waals surface area (Å²) in [5.41, 5.74) is 1.43. The van der Waals surface area contributed by atoms with Gasteiger partial charge in [-0.2, -0.15) is 5.10 Å². The molecule has 0 aliphatic rings. The van der Waals surface area contributed by atoms with Crippen molar-refractivity contribution in [1.82, 2.24) is 24.9 Å². The number of aromatic nitrogens is 5. The first-order valence-electron chi connectivity index (χ1n) is 9.73. The van der Waals surface area contributed by atoms with Gasteiger partial charge in [0.2, 0.25) is 0 Å². The van der Waals surface area contributed by atoms with Gasteiger partial charge in [0.05, 0.1) is 33.5 Å². The van der Waals surface area contributed by atoms with E-state index in [-0.39, 0.29) is 16.3 Å². The summed E-state index contributed by atoms with van der Waals surface area (Å²) in [7, 11) is 0. The van der Waals surface area contributed by atoms with E-state index < -0.39 is 11.4 Å². The lowest BCUT2D eigenvalue weighted by Crippen LogP contribution is -2.21. The number of benzene rings is 1. The number of aliphatic hydroxyl groups is 1. The topological polar surface area (TPSA) is 89.9 Å². The normalized spacial score (nSPS) is 11.8. The lowest BCUT2D eigenvalue weighted by Gasteiger charge is -2.17. The van der Waals surface area contributed by atoms with Crippen molar-refractivity contribution < 1.29 is 14.0 Å². The number of halogens is 2. The molecule has 31 heavy (non-hydrogen) atoms. The molecule has 0 bridgehead atoms. The van der Waals surface area contributed by atoms with Gasteiger partial charge in [0, 0.05) is 24.6 Å². The van der Waals surface area contributed by atoms with Crippen molar-refractivity contribution in [3.8, 4) is 34.0 Å². The van der Waals surface area contributed by atoms with Gasteiger partial charge >= 0.3 is 0 Å². The van der Waals surface area contributed by atoms with Crippen LogP contribution in [0.1, 0.15) is 26.0 Å². The fraction of sp³-hybridized carbons (Fsp3) is 0.273. The highest BCUT2D eigenvalue weighted by Gasteiger charge is 2.28. The van der Waals surface area contributed by atoms with Crippen LogP contribution < -0.4 is 0 Å². The minimum absolute atomic E-state index is 0.119. The van der Waals surface area contributed by atoms with Crippen molar-refractivity contribution in [2.24, 2.45) is 0 Å². The van der Waals surface area contributed by atoms with Crippen LogP contribution in [0.3, 0.4) is 0 Å². The van der Waals surface area contributed by atoms with Gasteiger partial charge in [-0.15, -0.1) is 0 Å². The summed E-state index contributed by atoms with van der Waals surface area (Å²) in [6, 6.07) is 6.11. The second kappa shape index (κ2) is 8.20. The molecular formula is C22H21ClFN5O2. The van der Waals surface area contributed by atoms with Gasteiger partial charge < -0.3 is 9.63 Å². The monoisotopic (exact) mass is 441 g/mol. The lowest BCUT2D eigenvalue weighted by atomic mass is 10.0. The Balaban J connectivity index is 1.87. The van der Waals surface area contributed by atoms with Gasteiger partial charge in [-0.1, -0.05) is 22.8 Å². The smallest absolute Gasteiger partial charge is 0.181 e. The van der Waals surface area contributed by atoms with E-state index >= 15 is 0 Å². The standard InChI is InChI=1S/C22H21ClFN5O2/c1-13-14(12-27-29(13)11-8-22(2,3)30)20-18(21-25-9-5-10-26-21)19(28-31-20)17-15(23)6-4-7-16(17)24/h4-7,9-10,12,30H,8,11H2,1-3H3. The number of rotatable bonds is 6. The van der Waals surface area contributed by atoms with Crippen molar-refractivity contribution in [3.63, 3.8) is 0 Å². The first kappa shape index (κ1) is 21.1. The molecule has 4 aromatic rings. The molecule has 0 saturated carbocycles. The molecule has 0 amide bonds. The van der Waals surface area contributed by atoms with Gasteiger partial charge in [0.25, 0.3) is 0 Å². The molecule has 0 aliphatic heterocycles. The molecule has 3 heterocycles. The van der Waals surface area contributed by atoms with Gasteiger partial charge in [-0.05, 0) is 45.4 Å². The van der Waals surface area contributed by atoms with Crippen molar-refractivity contribution in [3.05, 3.63) is 59.4 Å². The Morgan fingerprint density at radius 2 is 1.90 bits per heavy atom. The average molecular weight is 442 g/mol. The predicted octanol–water partition coefficient (Wildman–Crippen LogP) is 4.92. The summed E-state index contributed by atoms with van der Waals surface area (Å²) in [6.07, 6.45) is 5.35. The first-order chi connectivity index (χ1) is 14.8. The summed E-state index contributed by atoms with van der Waals surface area (Å²) in [4.78, 5) is 8.64. The SMILES string of the molecule is Cc1c(-c2onc(-c3c(F)cccc3Cl)c2-c2ncccn2)cnn1CCC(C)(C)O. The molecule has 0 aliphatic carbocycles. The third-order valence-electron chi connectivity index (χ3n) is 4.96. The molecule has 0 fully saturated rings. The number of hydrogen-bond acceptors (Lipinski definition) is 6. The number of hydrogen-bond donors (Lipinski definition) is 1. The van der Waals surface area contributed by atoms with Gasteiger partial charge in [-0.25, -0.2) is 14.4 Å². The molecule has 1 N–H and O–H groups in total. The lowest BCUT2D eigenvalue weighted by molar-refractivity contribution is 0.0649. The van der Waals surface area contributed by atoms with Crippen LogP contribution in [0.2, 0.25) is 5.02 Å². The second-order valence-electron chi connectivity index (χ2n) is 7.83. The highest BCUT2D eigenvalue weighted by Crippen LogP contribution is 2.42. The molecule has 0 atom stereocenters. The van der Waals surface area contributed by atoms with E-state index in [2.05, 4.69) is 20.2 Å². The Kier molecular flexibility index (Phi) is 5.60. The maximum Gasteiger partial charge on any atom is 0.181 e. The quantitative estimate of drug-likeness (QED) is 0.456. The summed E-state index contributed by atoms with van der Waals surface area (Å²) in [6.45, 7) is 5.91. The molecule has 0 radical (unpaired) electrons. The van der Waals surface area contributed by atoms with Gasteiger partial charge in [0.1, 0.15) is 11.5 Å². The van der Waals surface area contributed by atoms with Crippen LogP contribution in [-0.2, 0) is 6.54 Å². The van der Waals surface area contributed by atoms with E-state index in [9.17, 15) is 9.50 Å². The summed E-state index contributed by atoms with van der Waals surface area (Å²) >= 11 is 6.30. The molecule has 7 nitrogen and oxygen atoms in total. The number of aryl methyl sites for hydroxylation is 1. The Bertz CT molecular complexity index is 1190. The van der Waals surface area contributed by atoms with E-state index in [1.807, 2.05) is 6.92 Å². The fourth-order valence-corrected chi connectivity index (χ4v) is 3.53. The molecule has 1 aromatic carbocycles. The highest BCUT2D eigenvalue weighted by molar-refractivity contribution is 6.33. The van der Waals surface area contributed by atoms with Crippen LogP contribution in [0.4, 0.5) is 4.39 Å². The van der Waals surface area contributed by atoms with Crippen LogP contribution in [-0.4, -0.2) is 35.6 Å². The largest absolute Gasteiger partial charge is 0.390 e. The van der Waals surface area contributed by atoms with E-state index in [0.717, 1.165) is 5.69 Å². The van der Waals surface area contributed by atoms with Gasteiger partial charge in [0.15, 0.2) is 11.6 Å². The summed E-state index contributed by atoms with van der Waals surface area (Å²) in [5.74, 6) is 0.173. The number of nitrogens with zero attached hydrogens (tertiary/aromatic N) is 5. The maximum absolute atomic E-state index is 14.7. The average Bonchev–Trinajstić information content (AvgIpc) is 3.30. The second-order valence-corrected chi connectivity index (χ2v) is 8.24. The highest BCUT2D eigenvalue weighted by atomic mass is 35.5. The molecule has 0 spiro atoms. The van der Waals surface area contributed by atoms with E-state index in [0.29, 0.717) is 35.7 Å². The van der Waals surface area contributed by atoms with Crippen molar-refractivity contribution in [2.75, 3.05) is 0 Å². The van der Waals surface area contributed by atoms with Gasteiger partial charge in [-0.3, -0.25) is 4.68 Å². The Hall–Kier alpha value is -3.10. The Morgan fingerprint density at radius 1 is 1.16 bits per heavy atom. The Labute approximate surface area is 183 Å². The van der Waals surface area contributed by atoms with E-state index in [4.69, 9.17) is 16.1 Å². The van der Waals surface area contributed by atoms with E-state index in [1.165, 1.54) is 12.1 Å². The molecule has 3 aromatic heterocycles. The maximum atomic E-state index is 14.7. The predicted molar refractivity (Wildman–Crippen MR) is 115 cm³/mol. The molecule has 0 saturated heterocycles. The molecule has 9 heteroatoms. The minimum Gasteiger partial charge on any atom is -0.390 e. The zero-order valence-electron chi connectivity index (χ0n) is 17.3. The van der Waals surface area contributed by atoms with Crippen molar-refractivity contribution >= 4 is 11.6 Å². The molecular weight excluding hydrogens is 421 g/mol. The molecule has 0 unspecified atom stereocenters. The zero-order chi connectivity index (χ0) is 22.2. The fourth-order valence-electron chi connectivity index (χ4n) is 3.28.